The number of ether oxygens (including phenoxy) is 1. The second kappa shape index (κ2) is 10.1. The lowest BCUT2D eigenvalue weighted by Gasteiger charge is -2.09. The Hall–Kier alpha value is -3.31. The zero-order chi connectivity index (χ0) is 19.6. The van der Waals surface area contributed by atoms with Crippen LogP contribution in [0.3, 0.4) is 0 Å². The number of hydrogen-bond acceptors (Lipinski definition) is 4. The van der Waals surface area contributed by atoms with Gasteiger partial charge in [-0.15, -0.1) is 0 Å². The largest absolute Gasteiger partial charge is 0.488 e. The quantitative estimate of drug-likeness (QED) is 0.438. The lowest BCUT2D eigenvalue weighted by atomic mass is 10.2. The third kappa shape index (κ3) is 5.86. The van der Waals surface area contributed by atoms with E-state index in [0.29, 0.717) is 23.1 Å². The van der Waals surface area contributed by atoms with Gasteiger partial charge in [0.05, 0.1) is 23.5 Å². The van der Waals surface area contributed by atoms with E-state index >= 15 is 0 Å². The minimum absolute atomic E-state index is 0.0627. The molecule has 0 saturated carbocycles. The van der Waals surface area contributed by atoms with E-state index in [1.165, 1.54) is 0 Å². The van der Waals surface area contributed by atoms with Crippen LogP contribution in [0.4, 0.5) is 5.69 Å². The Labute approximate surface area is 169 Å². The van der Waals surface area contributed by atoms with Gasteiger partial charge in [0, 0.05) is 5.56 Å². The summed E-state index contributed by atoms with van der Waals surface area (Å²) >= 11 is 6.05. The first-order valence-electron chi connectivity index (χ1n) is 8.78. The van der Waals surface area contributed by atoms with E-state index in [1.54, 1.807) is 18.3 Å². The van der Waals surface area contributed by atoms with Crippen molar-refractivity contribution in [2.75, 3.05) is 11.9 Å². The number of para-hydroxylation sites is 2. The first kappa shape index (κ1) is 19.5. The molecule has 0 aliphatic carbocycles. The molecule has 0 aliphatic heterocycles. The molecule has 3 rings (SSSR count). The molecule has 0 radical (unpaired) electrons. The van der Waals surface area contributed by atoms with Crippen molar-refractivity contribution in [2.45, 2.75) is 6.61 Å². The number of nitrogens with one attached hydrogen (secondary N) is 2. The number of carbonyl (C=O) groups excluding carboxylic acids is 1. The van der Waals surface area contributed by atoms with Crippen LogP contribution >= 0.6 is 11.6 Å². The molecule has 3 aromatic rings. The van der Waals surface area contributed by atoms with Crippen LogP contribution in [0, 0.1) is 0 Å². The molecule has 0 bridgehead atoms. The fourth-order valence-corrected chi connectivity index (χ4v) is 2.65. The second-order valence-corrected chi connectivity index (χ2v) is 6.35. The Kier molecular flexibility index (Phi) is 7.04. The van der Waals surface area contributed by atoms with Crippen molar-refractivity contribution in [1.82, 2.24) is 5.43 Å². The van der Waals surface area contributed by atoms with E-state index in [2.05, 4.69) is 15.8 Å². The second-order valence-electron chi connectivity index (χ2n) is 5.94. The highest BCUT2D eigenvalue weighted by Crippen LogP contribution is 2.20. The highest BCUT2D eigenvalue weighted by atomic mass is 35.5. The summed E-state index contributed by atoms with van der Waals surface area (Å²) in [4.78, 5) is 12.0. The third-order valence-electron chi connectivity index (χ3n) is 3.86. The molecule has 3 aromatic carbocycles. The molecule has 0 spiro atoms. The molecule has 1 amide bonds. The average molecular weight is 394 g/mol. The molecule has 0 fully saturated rings. The van der Waals surface area contributed by atoms with Crippen LogP contribution in [0.15, 0.2) is 84.0 Å². The number of anilines is 1. The summed E-state index contributed by atoms with van der Waals surface area (Å²) in [6.07, 6.45) is 1.56. The monoisotopic (exact) mass is 393 g/mol. The van der Waals surface area contributed by atoms with Gasteiger partial charge in [0.15, 0.2) is 0 Å². The van der Waals surface area contributed by atoms with Crippen LogP contribution in [0.5, 0.6) is 5.75 Å². The van der Waals surface area contributed by atoms with Gasteiger partial charge in [-0.1, -0.05) is 66.2 Å². The number of hydrogen-bond donors (Lipinski definition) is 2. The Morgan fingerprint density at radius 2 is 1.68 bits per heavy atom. The molecule has 0 aromatic heterocycles. The van der Waals surface area contributed by atoms with E-state index in [-0.39, 0.29) is 12.5 Å². The van der Waals surface area contributed by atoms with Crippen molar-refractivity contribution in [2.24, 2.45) is 5.10 Å². The summed E-state index contributed by atoms with van der Waals surface area (Å²) in [5.74, 6) is 0.414. The molecule has 2 N–H and O–H groups in total. The van der Waals surface area contributed by atoms with Crippen LogP contribution in [0.25, 0.3) is 0 Å². The van der Waals surface area contributed by atoms with E-state index in [1.807, 2.05) is 66.7 Å². The maximum absolute atomic E-state index is 12.0. The van der Waals surface area contributed by atoms with Gasteiger partial charge >= 0.3 is 0 Å². The molecular formula is C22H20ClN3O2. The van der Waals surface area contributed by atoms with Crippen molar-refractivity contribution in [3.8, 4) is 5.75 Å². The van der Waals surface area contributed by atoms with Crippen LogP contribution in [0.2, 0.25) is 5.02 Å². The zero-order valence-corrected chi connectivity index (χ0v) is 15.9. The molecule has 28 heavy (non-hydrogen) atoms. The topological polar surface area (TPSA) is 62.7 Å². The van der Waals surface area contributed by atoms with Crippen molar-refractivity contribution < 1.29 is 9.53 Å². The summed E-state index contributed by atoms with van der Waals surface area (Å²) in [6, 6.07) is 24.7. The van der Waals surface area contributed by atoms with E-state index in [9.17, 15) is 4.79 Å². The molecule has 0 heterocycles. The lowest BCUT2D eigenvalue weighted by Crippen LogP contribution is -2.26. The molecule has 5 nitrogen and oxygen atoms in total. The number of rotatable bonds is 8. The van der Waals surface area contributed by atoms with Crippen LogP contribution in [-0.2, 0) is 11.4 Å². The Morgan fingerprint density at radius 1 is 0.964 bits per heavy atom. The summed E-state index contributed by atoms with van der Waals surface area (Å²) in [7, 11) is 0. The minimum Gasteiger partial charge on any atom is -0.488 e. The first-order chi connectivity index (χ1) is 13.7. The highest BCUT2D eigenvalue weighted by Gasteiger charge is 2.04. The van der Waals surface area contributed by atoms with Crippen LogP contribution < -0.4 is 15.5 Å². The van der Waals surface area contributed by atoms with E-state index in [4.69, 9.17) is 16.3 Å². The third-order valence-corrected chi connectivity index (χ3v) is 4.19. The molecule has 0 atom stereocenters. The van der Waals surface area contributed by atoms with Gasteiger partial charge in [-0.2, -0.15) is 5.10 Å². The molecular weight excluding hydrogens is 374 g/mol. The number of nitrogens with zero attached hydrogens (tertiary/aromatic N) is 1. The SMILES string of the molecule is O=C(CNc1ccccc1Cl)N/N=C\c1ccccc1OCc1ccccc1. The van der Waals surface area contributed by atoms with Gasteiger partial charge in [-0.25, -0.2) is 5.43 Å². The van der Waals surface area contributed by atoms with E-state index < -0.39 is 0 Å². The molecule has 6 heteroatoms. The standard InChI is InChI=1S/C22H20ClN3O2/c23-19-11-5-6-12-20(19)24-15-22(27)26-25-14-18-10-4-7-13-21(18)28-16-17-8-2-1-3-9-17/h1-14,24H,15-16H2,(H,26,27)/b25-14-. The smallest absolute Gasteiger partial charge is 0.259 e. The van der Waals surface area contributed by atoms with Gasteiger partial charge < -0.3 is 10.1 Å². The summed E-state index contributed by atoms with van der Waals surface area (Å²) < 4.78 is 5.87. The molecule has 0 saturated heterocycles. The predicted octanol–water partition coefficient (Wildman–Crippen LogP) is 4.48. The Balaban J connectivity index is 1.52. The van der Waals surface area contributed by atoms with Crippen LogP contribution in [0.1, 0.15) is 11.1 Å². The molecule has 0 aliphatic rings. The van der Waals surface area contributed by atoms with Gasteiger partial charge in [0.2, 0.25) is 0 Å². The highest BCUT2D eigenvalue weighted by molar-refractivity contribution is 6.33. The number of carbonyl (C=O) groups is 1. The first-order valence-corrected chi connectivity index (χ1v) is 9.16. The van der Waals surface area contributed by atoms with Crippen LogP contribution in [-0.4, -0.2) is 18.7 Å². The minimum atomic E-state index is -0.279. The van der Waals surface area contributed by atoms with Gasteiger partial charge in [-0.05, 0) is 29.8 Å². The van der Waals surface area contributed by atoms with Gasteiger partial charge in [-0.3, -0.25) is 4.79 Å². The molecule has 0 unspecified atom stereocenters. The normalized spacial score (nSPS) is 10.6. The number of halogens is 1. The van der Waals surface area contributed by atoms with Gasteiger partial charge in [0.25, 0.3) is 5.91 Å². The van der Waals surface area contributed by atoms with E-state index in [0.717, 1.165) is 11.1 Å². The summed E-state index contributed by atoms with van der Waals surface area (Å²) in [6.45, 7) is 0.521. The predicted molar refractivity (Wildman–Crippen MR) is 113 cm³/mol. The van der Waals surface area contributed by atoms with Crippen molar-refractivity contribution in [3.05, 3.63) is 95.0 Å². The van der Waals surface area contributed by atoms with Gasteiger partial charge in [0.1, 0.15) is 12.4 Å². The zero-order valence-electron chi connectivity index (χ0n) is 15.1. The average Bonchev–Trinajstić information content (AvgIpc) is 2.73. The van der Waals surface area contributed by atoms with Crippen molar-refractivity contribution in [3.63, 3.8) is 0 Å². The van der Waals surface area contributed by atoms with Crippen molar-refractivity contribution in [1.29, 1.82) is 0 Å². The number of amides is 1. The Morgan fingerprint density at radius 3 is 2.50 bits per heavy atom. The fraction of sp³-hybridized carbons (Fsp3) is 0.0909. The summed E-state index contributed by atoms with van der Waals surface area (Å²) in [5.41, 5.74) is 5.04. The maximum atomic E-state index is 12.0. The fourth-order valence-electron chi connectivity index (χ4n) is 2.45. The Bertz CT molecular complexity index is 945. The lowest BCUT2D eigenvalue weighted by molar-refractivity contribution is -0.119. The summed E-state index contributed by atoms with van der Waals surface area (Å²) in [5, 5.41) is 7.54. The maximum Gasteiger partial charge on any atom is 0.259 e. The molecule has 142 valence electrons. The number of hydrazone groups is 1. The van der Waals surface area contributed by atoms with Crippen molar-refractivity contribution >= 4 is 29.4 Å². The number of benzene rings is 3.